The topological polar surface area (TPSA) is 37.8 Å². The first-order valence-electron chi connectivity index (χ1n) is 7.18. The summed E-state index contributed by atoms with van der Waals surface area (Å²) < 4.78 is 0. The molecule has 0 amide bonds. The molecule has 2 aromatic heterocycles. The second kappa shape index (κ2) is 5.26. The van der Waals surface area contributed by atoms with E-state index in [2.05, 4.69) is 31.1 Å². The van der Waals surface area contributed by atoms with Crippen LogP contribution in [-0.2, 0) is 6.54 Å². The molecule has 1 aliphatic rings. The summed E-state index contributed by atoms with van der Waals surface area (Å²) in [4.78, 5) is 10.4. The van der Waals surface area contributed by atoms with E-state index in [-0.39, 0.29) is 5.54 Å². The van der Waals surface area contributed by atoms with Crippen LogP contribution in [0.2, 0.25) is 0 Å². The van der Waals surface area contributed by atoms with Gasteiger partial charge in [-0.15, -0.1) is 11.3 Å². The fraction of sp³-hybridized carbons (Fsp3) is 0.500. The van der Waals surface area contributed by atoms with E-state index in [9.17, 15) is 0 Å². The largest absolute Gasteiger partial charge is 0.307 e. The number of hydrogen-bond acceptors (Lipinski definition) is 4. The molecule has 0 atom stereocenters. The fourth-order valence-corrected chi connectivity index (χ4v) is 3.22. The maximum Gasteiger partial charge on any atom is 0.124 e. The van der Waals surface area contributed by atoms with Gasteiger partial charge in [-0.3, -0.25) is 4.98 Å². The Hall–Kier alpha value is -1.26. The summed E-state index contributed by atoms with van der Waals surface area (Å²) in [5.74, 6) is 0.693. The number of aromatic nitrogens is 2. The van der Waals surface area contributed by atoms with Gasteiger partial charge in [-0.1, -0.05) is 0 Å². The van der Waals surface area contributed by atoms with E-state index in [4.69, 9.17) is 4.98 Å². The lowest BCUT2D eigenvalue weighted by Crippen LogP contribution is -2.35. The Morgan fingerprint density at radius 3 is 2.55 bits per heavy atom. The lowest BCUT2D eigenvalue weighted by Gasteiger charge is -2.20. The molecule has 0 saturated heterocycles. The molecule has 3 rings (SSSR count). The smallest absolute Gasteiger partial charge is 0.124 e. The van der Waals surface area contributed by atoms with Gasteiger partial charge in [0, 0.05) is 40.8 Å². The van der Waals surface area contributed by atoms with Gasteiger partial charge < -0.3 is 5.32 Å². The maximum atomic E-state index is 4.89. The van der Waals surface area contributed by atoms with Gasteiger partial charge in [-0.2, -0.15) is 0 Å². The molecule has 2 heterocycles. The van der Waals surface area contributed by atoms with E-state index in [1.54, 1.807) is 0 Å². The van der Waals surface area contributed by atoms with Gasteiger partial charge in [0.1, 0.15) is 5.01 Å². The summed E-state index contributed by atoms with van der Waals surface area (Å²) in [6, 6.07) is 4.08. The molecule has 3 nitrogen and oxygen atoms in total. The molecule has 106 valence electrons. The normalized spacial score (nSPS) is 15.6. The average molecular weight is 287 g/mol. The summed E-state index contributed by atoms with van der Waals surface area (Å²) >= 11 is 1.82. The summed E-state index contributed by atoms with van der Waals surface area (Å²) in [5, 5.41) is 4.71. The van der Waals surface area contributed by atoms with Crippen LogP contribution in [0, 0.1) is 0 Å². The highest BCUT2D eigenvalue weighted by Crippen LogP contribution is 2.44. The van der Waals surface area contributed by atoms with Crippen molar-refractivity contribution in [3.8, 4) is 10.6 Å². The Labute approximate surface area is 124 Å². The standard InChI is InChI=1S/C16H21N3S/c1-16(2,3)18-10-13-14(11-4-5-11)19-15(20-13)12-6-8-17-9-7-12/h6-9,11,18H,4-5,10H2,1-3H3. The lowest BCUT2D eigenvalue weighted by atomic mass is 10.1. The molecule has 0 bridgehead atoms. The number of thiazole rings is 1. The molecule has 0 aromatic carbocycles. The highest BCUT2D eigenvalue weighted by molar-refractivity contribution is 7.15. The SMILES string of the molecule is CC(C)(C)NCc1sc(-c2ccncc2)nc1C1CC1. The zero-order chi connectivity index (χ0) is 14.2. The van der Waals surface area contributed by atoms with E-state index < -0.39 is 0 Å². The number of nitrogens with zero attached hydrogens (tertiary/aromatic N) is 2. The minimum Gasteiger partial charge on any atom is -0.307 e. The molecule has 0 unspecified atom stereocenters. The van der Waals surface area contributed by atoms with Crippen molar-refractivity contribution in [1.82, 2.24) is 15.3 Å². The summed E-state index contributed by atoms with van der Waals surface area (Å²) in [6.07, 6.45) is 6.26. The molecule has 1 N–H and O–H groups in total. The van der Waals surface area contributed by atoms with Gasteiger partial charge >= 0.3 is 0 Å². The van der Waals surface area contributed by atoms with Crippen LogP contribution in [0.5, 0.6) is 0 Å². The van der Waals surface area contributed by atoms with Crippen molar-refractivity contribution in [3.05, 3.63) is 35.1 Å². The molecule has 4 heteroatoms. The second-order valence-corrected chi connectivity index (χ2v) is 7.52. The molecule has 2 aromatic rings. The Bertz CT molecular complexity index is 580. The van der Waals surface area contributed by atoms with Gasteiger partial charge in [0.05, 0.1) is 5.69 Å². The van der Waals surface area contributed by atoms with Crippen LogP contribution in [0.3, 0.4) is 0 Å². The van der Waals surface area contributed by atoms with Crippen LogP contribution in [0.25, 0.3) is 10.6 Å². The third-order valence-electron chi connectivity index (χ3n) is 3.40. The molecule has 1 fully saturated rings. The zero-order valence-electron chi connectivity index (χ0n) is 12.3. The van der Waals surface area contributed by atoms with Crippen LogP contribution < -0.4 is 5.32 Å². The van der Waals surface area contributed by atoms with Crippen LogP contribution in [0.15, 0.2) is 24.5 Å². The minimum atomic E-state index is 0.141. The van der Waals surface area contributed by atoms with Crippen LogP contribution in [0.4, 0.5) is 0 Å². The molecule has 0 radical (unpaired) electrons. The van der Waals surface area contributed by atoms with Crippen LogP contribution in [0.1, 0.15) is 50.1 Å². The molecule has 1 saturated carbocycles. The van der Waals surface area contributed by atoms with Crippen molar-refractivity contribution in [2.75, 3.05) is 0 Å². The summed E-state index contributed by atoms with van der Waals surface area (Å²) in [6.45, 7) is 7.52. The number of pyridine rings is 1. The lowest BCUT2D eigenvalue weighted by molar-refractivity contribution is 0.425. The highest BCUT2D eigenvalue weighted by Gasteiger charge is 2.30. The third-order valence-corrected chi connectivity index (χ3v) is 4.52. The zero-order valence-corrected chi connectivity index (χ0v) is 13.1. The van der Waals surface area contributed by atoms with Gasteiger partial charge in [0.25, 0.3) is 0 Å². The molecule has 0 aliphatic heterocycles. The Morgan fingerprint density at radius 2 is 1.95 bits per heavy atom. The number of hydrogen-bond donors (Lipinski definition) is 1. The van der Waals surface area contributed by atoms with Crippen molar-refractivity contribution in [2.45, 2.75) is 51.6 Å². The highest BCUT2D eigenvalue weighted by atomic mass is 32.1. The number of nitrogens with one attached hydrogen (secondary N) is 1. The Morgan fingerprint density at radius 1 is 1.25 bits per heavy atom. The maximum absolute atomic E-state index is 4.89. The Kier molecular flexibility index (Phi) is 3.61. The van der Waals surface area contributed by atoms with Crippen molar-refractivity contribution >= 4 is 11.3 Å². The number of rotatable bonds is 4. The minimum absolute atomic E-state index is 0.141. The Balaban J connectivity index is 1.87. The van der Waals surface area contributed by atoms with E-state index in [0.717, 1.165) is 11.6 Å². The molecule has 0 spiro atoms. The van der Waals surface area contributed by atoms with Crippen molar-refractivity contribution in [3.63, 3.8) is 0 Å². The van der Waals surface area contributed by atoms with Gasteiger partial charge in [-0.25, -0.2) is 4.98 Å². The van der Waals surface area contributed by atoms with Gasteiger partial charge in [0.2, 0.25) is 0 Å². The van der Waals surface area contributed by atoms with Crippen LogP contribution in [-0.4, -0.2) is 15.5 Å². The van der Waals surface area contributed by atoms with Crippen molar-refractivity contribution in [1.29, 1.82) is 0 Å². The van der Waals surface area contributed by atoms with E-state index in [0.29, 0.717) is 5.92 Å². The van der Waals surface area contributed by atoms with Crippen molar-refractivity contribution < 1.29 is 0 Å². The first-order valence-corrected chi connectivity index (χ1v) is 7.99. The molecule has 1 aliphatic carbocycles. The molecule has 20 heavy (non-hydrogen) atoms. The molecular formula is C16H21N3S. The summed E-state index contributed by atoms with van der Waals surface area (Å²) in [5.41, 5.74) is 2.63. The fourth-order valence-electron chi connectivity index (χ4n) is 2.13. The average Bonchev–Trinajstić information content (AvgIpc) is 3.17. The molecular weight excluding hydrogens is 266 g/mol. The second-order valence-electron chi connectivity index (χ2n) is 6.44. The van der Waals surface area contributed by atoms with E-state index in [1.807, 2.05) is 35.9 Å². The third kappa shape index (κ3) is 3.25. The predicted molar refractivity (Wildman–Crippen MR) is 83.9 cm³/mol. The van der Waals surface area contributed by atoms with Crippen LogP contribution >= 0.6 is 11.3 Å². The monoisotopic (exact) mass is 287 g/mol. The van der Waals surface area contributed by atoms with Gasteiger partial charge in [0.15, 0.2) is 0 Å². The van der Waals surface area contributed by atoms with E-state index >= 15 is 0 Å². The predicted octanol–water partition coefficient (Wildman–Crippen LogP) is 3.97. The first kappa shape index (κ1) is 13.7. The summed E-state index contributed by atoms with van der Waals surface area (Å²) in [7, 11) is 0. The van der Waals surface area contributed by atoms with Gasteiger partial charge in [-0.05, 0) is 45.7 Å². The first-order chi connectivity index (χ1) is 9.53. The quantitative estimate of drug-likeness (QED) is 0.924. The van der Waals surface area contributed by atoms with Crippen molar-refractivity contribution in [2.24, 2.45) is 0 Å². The van der Waals surface area contributed by atoms with E-state index in [1.165, 1.54) is 29.0 Å².